The van der Waals surface area contributed by atoms with Crippen LogP contribution in [0.3, 0.4) is 0 Å². The lowest BCUT2D eigenvalue weighted by Gasteiger charge is -2.04. The molecule has 2 aromatic carbocycles. The van der Waals surface area contributed by atoms with Gasteiger partial charge in [-0.05, 0) is 29.8 Å². The number of hydrogen-bond donors (Lipinski definition) is 1. The molecule has 1 aromatic heterocycles. The highest BCUT2D eigenvalue weighted by molar-refractivity contribution is 7.88. The fourth-order valence-electron chi connectivity index (χ4n) is 2.19. The van der Waals surface area contributed by atoms with Crippen molar-refractivity contribution in [3.63, 3.8) is 0 Å². The molecule has 0 aliphatic rings. The van der Waals surface area contributed by atoms with Crippen LogP contribution < -0.4 is 9.46 Å². The average molecular weight is 359 g/mol. The zero-order valence-corrected chi connectivity index (χ0v) is 14.4. The molecular formula is C17H17N3O4S. The Morgan fingerprint density at radius 1 is 1.04 bits per heavy atom. The van der Waals surface area contributed by atoms with Crippen LogP contribution in [-0.4, -0.2) is 25.7 Å². The van der Waals surface area contributed by atoms with Gasteiger partial charge in [0, 0.05) is 5.56 Å². The highest BCUT2D eigenvalue weighted by Crippen LogP contribution is 2.21. The molecular weight excluding hydrogens is 342 g/mol. The van der Waals surface area contributed by atoms with Crippen LogP contribution in [0, 0.1) is 0 Å². The van der Waals surface area contributed by atoms with Gasteiger partial charge in [-0.1, -0.05) is 30.3 Å². The number of benzene rings is 2. The van der Waals surface area contributed by atoms with Crippen LogP contribution in [0.25, 0.3) is 11.5 Å². The van der Waals surface area contributed by atoms with Gasteiger partial charge in [0.15, 0.2) is 0 Å². The van der Waals surface area contributed by atoms with Crippen molar-refractivity contribution in [1.29, 1.82) is 0 Å². The van der Waals surface area contributed by atoms with Gasteiger partial charge in [-0.25, -0.2) is 13.1 Å². The van der Waals surface area contributed by atoms with Gasteiger partial charge in [0.1, 0.15) is 5.75 Å². The van der Waals surface area contributed by atoms with Gasteiger partial charge in [-0.15, -0.1) is 10.2 Å². The molecule has 0 atom stereocenters. The summed E-state index contributed by atoms with van der Waals surface area (Å²) in [5, 5.41) is 7.80. The van der Waals surface area contributed by atoms with Crippen molar-refractivity contribution in [2.24, 2.45) is 0 Å². The van der Waals surface area contributed by atoms with Crippen molar-refractivity contribution in [2.75, 3.05) is 7.11 Å². The Balaban J connectivity index is 1.63. The number of rotatable bonds is 7. The molecule has 3 aromatic rings. The van der Waals surface area contributed by atoms with Crippen molar-refractivity contribution in [3.8, 4) is 17.2 Å². The fourth-order valence-corrected chi connectivity index (χ4v) is 3.27. The second kappa shape index (κ2) is 7.45. The van der Waals surface area contributed by atoms with Crippen LogP contribution in [0.1, 0.15) is 11.5 Å². The minimum Gasteiger partial charge on any atom is -0.497 e. The molecule has 0 bridgehead atoms. The van der Waals surface area contributed by atoms with Crippen molar-refractivity contribution in [1.82, 2.24) is 14.9 Å². The first-order valence-corrected chi connectivity index (χ1v) is 9.19. The summed E-state index contributed by atoms with van der Waals surface area (Å²) < 4.78 is 37.3. The molecule has 0 amide bonds. The second-order valence-corrected chi connectivity index (χ2v) is 7.10. The van der Waals surface area contributed by atoms with Crippen LogP contribution >= 0.6 is 0 Å². The number of aromatic nitrogens is 2. The molecule has 0 spiro atoms. The number of methoxy groups -OCH3 is 1. The number of nitrogens with zero attached hydrogens (tertiary/aromatic N) is 2. The maximum absolute atomic E-state index is 12.1. The quantitative estimate of drug-likeness (QED) is 0.696. The maximum atomic E-state index is 12.1. The van der Waals surface area contributed by atoms with Gasteiger partial charge in [-0.3, -0.25) is 0 Å². The minimum absolute atomic E-state index is 0.0572. The van der Waals surface area contributed by atoms with E-state index in [1.165, 1.54) is 0 Å². The molecule has 0 unspecified atom stereocenters. The zero-order chi connectivity index (χ0) is 17.7. The third-order valence-electron chi connectivity index (χ3n) is 3.45. The van der Waals surface area contributed by atoms with E-state index in [0.717, 1.165) is 11.3 Å². The Kier molecular flexibility index (Phi) is 5.11. The highest BCUT2D eigenvalue weighted by Gasteiger charge is 2.14. The van der Waals surface area contributed by atoms with E-state index in [0.29, 0.717) is 11.5 Å². The first kappa shape index (κ1) is 17.1. The van der Waals surface area contributed by atoms with E-state index in [-0.39, 0.29) is 18.2 Å². The molecule has 7 nitrogen and oxygen atoms in total. The predicted molar refractivity (Wildman–Crippen MR) is 92.2 cm³/mol. The van der Waals surface area contributed by atoms with Crippen LogP contribution in [0.4, 0.5) is 0 Å². The van der Waals surface area contributed by atoms with Crippen molar-refractivity contribution in [2.45, 2.75) is 12.3 Å². The fraction of sp³-hybridized carbons (Fsp3) is 0.176. The van der Waals surface area contributed by atoms with Crippen molar-refractivity contribution >= 4 is 10.0 Å². The van der Waals surface area contributed by atoms with Gasteiger partial charge in [0.2, 0.25) is 21.8 Å². The van der Waals surface area contributed by atoms with Crippen LogP contribution in [0.2, 0.25) is 0 Å². The summed E-state index contributed by atoms with van der Waals surface area (Å²) in [4.78, 5) is 0. The number of ether oxygens (including phenoxy) is 1. The maximum Gasteiger partial charge on any atom is 0.247 e. The largest absolute Gasteiger partial charge is 0.497 e. The first-order valence-electron chi connectivity index (χ1n) is 7.54. The van der Waals surface area contributed by atoms with E-state index in [1.54, 1.807) is 55.6 Å². The van der Waals surface area contributed by atoms with E-state index >= 15 is 0 Å². The molecule has 0 fully saturated rings. The van der Waals surface area contributed by atoms with E-state index in [1.807, 2.05) is 6.07 Å². The molecule has 130 valence electrons. The van der Waals surface area contributed by atoms with Crippen LogP contribution in [0.5, 0.6) is 5.75 Å². The number of nitrogens with one attached hydrogen (secondary N) is 1. The molecule has 3 rings (SSSR count). The van der Waals surface area contributed by atoms with E-state index in [4.69, 9.17) is 9.15 Å². The molecule has 0 aliphatic heterocycles. The Hall–Kier alpha value is -2.71. The number of sulfonamides is 1. The summed E-state index contributed by atoms with van der Waals surface area (Å²) in [5.74, 6) is 1.13. The molecule has 0 saturated carbocycles. The van der Waals surface area contributed by atoms with Crippen molar-refractivity contribution in [3.05, 3.63) is 66.1 Å². The monoisotopic (exact) mass is 359 g/mol. The molecule has 0 aliphatic carbocycles. The van der Waals surface area contributed by atoms with E-state index in [2.05, 4.69) is 14.9 Å². The minimum atomic E-state index is -3.49. The van der Waals surface area contributed by atoms with Crippen LogP contribution in [-0.2, 0) is 22.3 Å². The Bertz CT molecular complexity index is 922. The third-order valence-corrected chi connectivity index (χ3v) is 4.74. The Labute approximate surface area is 145 Å². The Morgan fingerprint density at radius 3 is 2.44 bits per heavy atom. The normalized spacial score (nSPS) is 11.4. The molecule has 25 heavy (non-hydrogen) atoms. The van der Waals surface area contributed by atoms with Gasteiger partial charge in [0.25, 0.3) is 0 Å². The smallest absolute Gasteiger partial charge is 0.247 e. The van der Waals surface area contributed by atoms with E-state index < -0.39 is 10.0 Å². The lowest BCUT2D eigenvalue weighted by molar-refractivity contribution is 0.415. The topological polar surface area (TPSA) is 94.3 Å². The SMILES string of the molecule is COc1ccc(-c2nnc(CNS(=O)(=O)Cc3ccccc3)o2)cc1. The summed E-state index contributed by atoms with van der Waals surface area (Å²) in [7, 11) is -1.91. The lowest BCUT2D eigenvalue weighted by Crippen LogP contribution is -2.24. The van der Waals surface area contributed by atoms with Gasteiger partial charge < -0.3 is 9.15 Å². The molecule has 1 heterocycles. The second-order valence-electron chi connectivity index (χ2n) is 5.30. The third kappa shape index (κ3) is 4.65. The average Bonchev–Trinajstić information content (AvgIpc) is 3.10. The lowest BCUT2D eigenvalue weighted by atomic mass is 10.2. The molecule has 8 heteroatoms. The predicted octanol–water partition coefficient (Wildman–Crippen LogP) is 2.36. The summed E-state index contributed by atoms with van der Waals surface area (Å²) in [5.41, 5.74) is 1.44. The van der Waals surface area contributed by atoms with Crippen molar-refractivity contribution < 1.29 is 17.6 Å². The summed E-state index contributed by atoms with van der Waals surface area (Å²) in [6, 6.07) is 16.1. The van der Waals surface area contributed by atoms with Gasteiger partial charge in [-0.2, -0.15) is 0 Å². The number of hydrogen-bond acceptors (Lipinski definition) is 6. The molecule has 0 radical (unpaired) electrons. The van der Waals surface area contributed by atoms with E-state index in [9.17, 15) is 8.42 Å². The van der Waals surface area contributed by atoms with Gasteiger partial charge >= 0.3 is 0 Å². The standard InChI is InChI=1S/C17H17N3O4S/c1-23-15-9-7-14(8-10-15)17-20-19-16(24-17)11-18-25(21,22)12-13-5-3-2-4-6-13/h2-10,18H,11-12H2,1H3. The Morgan fingerprint density at radius 2 is 1.76 bits per heavy atom. The summed E-state index contributed by atoms with van der Waals surface area (Å²) in [6.45, 7) is -0.0572. The van der Waals surface area contributed by atoms with Crippen LogP contribution in [0.15, 0.2) is 59.0 Å². The molecule has 1 N–H and O–H groups in total. The first-order chi connectivity index (χ1) is 12.1. The summed E-state index contributed by atoms with van der Waals surface area (Å²) >= 11 is 0. The summed E-state index contributed by atoms with van der Waals surface area (Å²) in [6.07, 6.45) is 0. The highest BCUT2D eigenvalue weighted by atomic mass is 32.2. The van der Waals surface area contributed by atoms with Gasteiger partial charge in [0.05, 0.1) is 19.4 Å². The zero-order valence-electron chi connectivity index (χ0n) is 13.5. The molecule has 0 saturated heterocycles.